The number of nitrogens with zero attached hydrogens (tertiary/aromatic N) is 1. The summed E-state index contributed by atoms with van der Waals surface area (Å²) >= 11 is 0. The topological polar surface area (TPSA) is 70.0 Å². The average Bonchev–Trinajstić information content (AvgIpc) is 2.81. The first kappa shape index (κ1) is 17.5. The molecule has 0 aromatic carbocycles. The van der Waals surface area contributed by atoms with Gasteiger partial charge < -0.3 is 19.8 Å². The summed E-state index contributed by atoms with van der Waals surface area (Å²) in [7, 11) is 0. The van der Waals surface area contributed by atoms with E-state index >= 15 is 0 Å². The van der Waals surface area contributed by atoms with Crippen molar-refractivity contribution in [2.75, 3.05) is 19.6 Å². The lowest BCUT2D eigenvalue weighted by Gasteiger charge is -2.49. The summed E-state index contributed by atoms with van der Waals surface area (Å²) in [5, 5.41) is 21.2. The van der Waals surface area contributed by atoms with Crippen LogP contribution in [0, 0.1) is 11.3 Å². The maximum atomic E-state index is 12.7. The highest BCUT2D eigenvalue weighted by atomic mass is 16.6. The molecular formula is C20H31NO4. The molecule has 2 aliphatic heterocycles. The number of likely N-dealkylation sites (tertiary alicyclic amines) is 1. The fourth-order valence-electron chi connectivity index (χ4n) is 5.70. The highest BCUT2D eigenvalue weighted by molar-refractivity contribution is 5.78. The standard InChI is InChI=1S/C20H31NO4/c1-13-4-3-7-19(2)8-9-20(24)15(18(23)25-17(20)16(13)19)12-21-10-5-14(22)6-11-21/h14-15,17,22,24H,3-12H2,1-2H3/t15?,17-,19+,20?/m0/s1. The monoisotopic (exact) mass is 349 g/mol. The molecule has 1 saturated carbocycles. The third-order valence-corrected chi connectivity index (χ3v) is 7.30. The number of allylic oxidation sites excluding steroid dienone is 1. The number of fused-ring (bicyclic) bond motifs is 3. The summed E-state index contributed by atoms with van der Waals surface area (Å²) < 4.78 is 5.83. The van der Waals surface area contributed by atoms with Gasteiger partial charge in [-0.15, -0.1) is 0 Å². The van der Waals surface area contributed by atoms with Crippen LogP contribution in [0.1, 0.15) is 58.8 Å². The van der Waals surface area contributed by atoms with Gasteiger partial charge in [0.25, 0.3) is 0 Å². The SMILES string of the molecule is CC1=C2[C@@H]3OC(=O)C(CN4CCC(O)CC4)C3(O)CC[C@@]2(C)CCC1. The molecule has 140 valence electrons. The first-order valence-electron chi connectivity index (χ1n) is 9.87. The summed E-state index contributed by atoms with van der Waals surface area (Å²) in [5.41, 5.74) is 1.52. The van der Waals surface area contributed by atoms with Crippen molar-refractivity contribution in [3.63, 3.8) is 0 Å². The molecule has 0 aromatic rings. The van der Waals surface area contributed by atoms with Crippen LogP contribution in [0.4, 0.5) is 0 Å². The molecule has 5 nitrogen and oxygen atoms in total. The molecule has 2 aliphatic carbocycles. The zero-order chi connectivity index (χ0) is 17.8. The van der Waals surface area contributed by atoms with E-state index in [-0.39, 0.29) is 17.5 Å². The van der Waals surface area contributed by atoms with Crippen LogP contribution in [0.2, 0.25) is 0 Å². The highest BCUT2D eigenvalue weighted by Gasteiger charge is 2.63. The minimum absolute atomic E-state index is 0.0730. The fraction of sp³-hybridized carbons (Fsp3) is 0.850. The van der Waals surface area contributed by atoms with Crippen molar-refractivity contribution >= 4 is 5.97 Å². The van der Waals surface area contributed by atoms with Gasteiger partial charge in [0.2, 0.25) is 0 Å². The number of rotatable bonds is 2. The van der Waals surface area contributed by atoms with E-state index in [2.05, 4.69) is 18.7 Å². The van der Waals surface area contributed by atoms with Crippen LogP contribution < -0.4 is 0 Å². The molecule has 5 heteroatoms. The number of ether oxygens (including phenoxy) is 1. The Labute approximate surface area is 150 Å². The Hall–Kier alpha value is -0.910. The average molecular weight is 349 g/mol. The number of piperidine rings is 1. The molecule has 0 amide bonds. The van der Waals surface area contributed by atoms with Crippen LogP contribution in [0.15, 0.2) is 11.1 Å². The predicted octanol–water partition coefficient (Wildman–Crippen LogP) is 2.02. The maximum Gasteiger partial charge on any atom is 0.314 e. The minimum atomic E-state index is -1.07. The number of hydrogen-bond donors (Lipinski definition) is 2. The molecule has 0 radical (unpaired) electrons. The smallest absolute Gasteiger partial charge is 0.314 e. The van der Waals surface area contributed by atoms with E-state index in [1.807, 2.05) is 0 Å². The van der Waals surface area contributed by atoms with Gasteiger partial charge in [-0.2, -0.15) is 0 Å². The third-order valence-electron chi connectivity index (χ3n) is 7.30. The van der Waals surface area contributed by atoms with Gasteiger partial charge in [0.1, 0.15) is 11.5 Å². The second-order valence-electron chi connectivity index (χ2n) is 9.00. The zero-order valence-electron chi connectivity index (χ0n) is 15.5. The zero-order valence-corrected chi connectivity index (χ0v) is 15.5. The van der Waals surface area contributed by atoms with E-state index < -0.39 is 17.6 Å². The van der Waals surface area contributed by atoms with Crippen molar-refractivity contribution in [2.24, 2.45) is 11.3 Å². The molecule has 2 saturated heterocycles. The van der Waals surface area contributed by atoms with E-state index in [4.69, 9.17) is 4.74 Å². The number of carbonyl (C=O) groups is 1. The van der Waals surface area contributed by atoms with Gasteiger partial charge in [0.05, 0.1) is 6.10 Å². The molecule has 0 aromatic heterocycles. The summed E-state index contributed by atoms with van der Waals surface area (Å²) in [4.78, 5) is 14.9. The van der Waals surface area contributed by atoms with Crippen LogP contribution in [0.5, 0.6) is 0 Å². The summed E-state index contributed by atoms with van der Waals surface area (Å²) in [6, 6.07) is 0. The van der Waals surface area contributed by atoms with Crippen molar-refractivity contribution in [1.82, 2.24) is 4.90 Å². The van der Waals surface area contributed by atoms with Gasteiger partial charge in [0.15, 0.2) is 6.10 Å². The van der Waals surface area contributed by atoms with Crippen molar-refractivity contribution in [1.29, 1.82) is 0 Å². The quantitative estimate of drug-likeness (QED) is 0.590. The van der Waals surface area contributed by atoms with Gasteiger partial charge in [-0.3, -0.25) is 4.79 Å². The lowest BCUT2D eigenvalue weighted by Crippen LogP contribution is -2.55. The van der Waals surface area contributed by atoms with E-state index in [0.29, 0.717) is 13.0 Å². The third kappa shape index (κ3) is 2.75. The molecule has 4 atom stereocenters. The van der Waals surface area contributed by atoms with E-state index in [9.17, 15) is 15.0 Å². The van der Waals surface area contributed by atoms with Crippen LogP contribution in [0.3, 0.4) is 0 Å². The molecule has 3 fully saturated rings. The van der Waals surface area contributed by atoms with E-state index in [1.54, 1.807) is 0 Å². The lowest BCUT2D eigenvalue weighted by molar-refractivity contribution is -0.144. The molecule has 25 heavy (non-hydrogen) atoms. The molecule has 2 N–H and O–H groups in total. The van der Waals surface area contributed by atoms with Gasteiger partial charge in [-0.05, 0) is 62.9 Å². The van der Waals surface area contributed by atoms with Crippen molar-refractivity contribution in [3.05, 3.63) is 11.1 Å². The Morgan fingerprint density at radius 3 is 2.68 bits per heavy atom. The first-order valence-corrected chi connectivity index (χ1v) is 9.87. The number of hydrogen-bond acceptors (Lipinski definition) is 5. The Morgan fingerprint density at radius 1 is 1.24 bits per heavy atom. The summed E-state index contributed by atoms with van der Waals surface area (Å²) in [5.74, 6) is -0.715. The first-order chi connectivity index (χ1) is 11.8. The summed E-state index contributed by atoms with van der Waals surface area (Å²) in [6.07, 6.45) is 5.72. The Morgan fingerprint density at radius 2 is 1.96 bits per heavy atom. The molecule has 0 spiro atoms. The predicted molar refractivity (Wildman–Crippen MR) is 93.9 cm³/mol. The minimum Gasteiger partial charge on any atom is -0.454 e. The Kier molecular flexibility index (Phi) is 4.25. The second kappa shape index (κ2) is 6.07. The van der Waals surface area contributed by atoms with Gasteiger partial charge >= 0.3 is 5.97 Å². The number of carbonyl (C=O) groups excluding carboxylic acids is 1. The molecule has 4 rings (SSSR count). The molecule has 2 unspecified atom stereocenters. The molecule has 0 bridgehead atoms. The van der Waals surface area contributed by atoms with Crippen molar-refractivity contribution in [2.45, 2.75) is 76.6 Å². The molecular weight excluding hydrogens is 318 g/mol. The van der Waals surface area contributed by atoms with Crippen LogP contribution >= 0.6 is 0 Å². The summed E-state index contributed by atoms with van der Waals surface area (Å²) in [6.45, 7) is 6.53. The van der Waals surface area contributed by atoms with Gasteiger partial charge in [-0.1, -0.05) is 12.5 Å². The fourth-order valence-corrected chi connectivity index (χ4v) is 5.70. The van der Waals surface area contributed by atoms with E-state index in [0.717, 1.165) is 45.2 Å². The number of esters is 1. The Balaban J connectivity index is 1.59. The van der Waals surface area contributed by atoms with Crippen LogP contribution in [0.25, 0.3) is 0 Å². The Bertz CT molecular complexity index is 595. The van der Waals surface area contributed by atoms with Gasteiger partial charge in [-0.25, -0.2) is 0 Å². The lowest BCUT2D eigenvalue weighted by atomic mass is 9.58. The van der Waals surface area contributed by atoms with Crippen molar-refractivity contribution in [3.8, 4) is 0 Å². The van der Waals surface area contributed by atoms with Gasteiger partial charge in [0, 0.05) is 19.6 Å². The van der Waals surface area contributed by atoms with Crippen molar-refractivity contribution < 1.29 is 19.7 Å². The van der Waals surface area contributed by atoms with Crippen LogP contribution in [-0.4, -0.2) is 58.5 Å². The molecule has 4 aliphatic rings. The molecule has 2 heterocycles. The highest BCUT2D eigenvalue weighted by Crippen LogP contribution is 2.57. The largest absolute Gasteiger partial charge is 0.454 e. The number of aliphatic hydroxyl groups is 2. The second-order valence-corrected chi connectivity index (χ2v) is 9.00. The van der Waals surface area contributed by atoms with E-state index in [1.165, 1.54) is 17.6 Å². The maximum absolute atomic E-state index is 12.7. The number of aliphatic hydroxyl groups excluding tert-OH is 1. The van der Waals surface area contributed by atoms with Crippen LogP contribution in [-0.2, 0) is 9.53 Å². The normalized spacial score (nSPS) is 43.0.